The molecule has 1 heterocycles. The van der Waals surface area contributed by atoms with Crippen LogP contribution in [0.4, 0.5) is 10.2 Å². The van der Waals surface area contributed by atoms with Crippen LogP contribution >= 0.6 is 0 Å². The van der Waals surface area contributed by atoms with Crippen molar-refractivity contribution < 1.29 is 28.8 Å². The molecule has 4 nitrogen and oxygen atoms in total. The molecule has 0 N–H and O–H groups in total. The van der Waals surface area contributed by atoms with Gasteiger partial charge in [0, 0.05) is 19.5 Å². The molecule has 0 bridgehead atoms. The summed E-state index contributed by atoms with van der Waals surface area (Å²) in [5, 5.41) is 9.91. The van der Waals surface area contributed by atoms with E-state index in [4.69, 9.17) is 0 Å². The molecular weight excluding hydrogens is 204 g/mol. The Hall–Kier alpha value is -0.897. The Morgan fingerprint density at radius 1 is 1.64 bits per heavy atom. The Kier molecular flexibility index (Phi) is 3.75. The molecule has 0 aliphatic carbocycles. The second-order valence-corrected chi connectivity index (χ2v) is 1.52. The number of hydrogen-bond donors (Lipinski definition) is 0. The molecule has 0 aromatic carbocycles. The van der Waals surface area contributed by atoms with E-state index in [0.717, 1.165) is 12.1 Å². The minimum atomic E-state index is -0.712. The van der Waals surface area contributed by atoms with E-state index in [-0.39, 0.29) is 19.5 Å². The predicted octanol–water partition coefficient (Wildman–Crippen LogP) is 0.927. The Bertz CT molecular complexity index is 251. The third-order valence-corrected chi connectivity index (χ3v) is 0.843. The van der Waals surface area contributed by atoms with Gasteiger partial charge in [-0.3, -0.25) is 0 Å². The Morgan fingerprint density at radius 2 is 2.27 bits per heavy atom. The molecule has 0 atom stereocenters. The molecule has 11 heavy (non-hydrogen) atoms. The van der Waals surface area contributed by atoms with Crippen molar-refractivity contribution in [2.45, 2.75) is 0 Å². The van der Waals surface area contributed by atoms with Gasteiger partial charge >= 0.3 is 0 Å². The number of rotatable bonds is 1. The number of nitro groups is 1. The third-order valence-electron chi connectivity index (χ3n) is 0.843. The molecule has 0 saturated carbocycles. The minimum absolute atomic E-state index is 0. The largest absolute Gasteiger partial charge is 0.370 e. The Balaban J connectivity index is 0.000001000. The molecule has 6 heteroatoms. The van der Waals surface area contributed by atoms with E-state index in [1.54, 1.807) is 0 Å². The fourth-order valence-corrected chi connectivity index (χ4v) is 0.435. The first-order valence-corrected chi connectivity index (χ1v) is 2.39. The summed E-state index contributed by atoms with van der Waals surface area (Å²) in [6.07, 6.45) is 1.82. The maximum Gasteiger partial charge on any atom is 0.253 e. The molecule has 0 fully saturated rings. The first kappa shape index (κ1) is 10.1. The summed E-state index contributed by atoms with van der Waals surface area (Å²) in [5.41, 5.74) is 0. The molecule has 0 radical (unpaired) electrons. The maximum absolute atomic E-state index is 12.0. The van der Waals surface area contributed by atoms with E-state index in [0.29, 0.717) is 0 Å². The van der Waals surface area contributed by atoms with Crippen LogP contribution in [0, 0.1) is 22.1 Å². The molecule has 0 saturated heterocycles. The molecule has 0 spiro atoms. The minimum Gasteiger partial charge on any atom is -0.370 e. The van der Waals surface area contributed by atoms with Crippen molar-refractivity contribution in [2.75, 3.05) is 0 Å². The van der Waals surface area contributed by atoms with E-state index in [1.807, 2.05) is 6.20 Å². The average molecular weight is 206 g/mol. The van der Waals surface area contributed by atoms with Gasteiger partial charge in [0.15, 0.2) is 0 Å². The third kappa shape index (κ3) is 2.68. The standard InChI is InChI=1S/C5H2FN2O2.Zn/c6-4-1-2-5(7-3-4)8(9)10;/h1-2H;/q-1;. The summed E-state index contributed by atoms with van der Waals surface area (Å²) in [4.78, 5) is 12.3. The van der Waals surface area contributed by atoms with Crippen LogP contribution in [0.25, 0.3) is 0 Å². The van der Waals surface area contributed by atoms with Crippen molar-refractivity contribution in [1.29, 1.82) is 0 Å². The monoisotopic (exact) mass is 205 g/mol. The van der Waals surface area contributed by atoms with Gasteiger partial charge in [0.25, 0.3) is 5.82 Å². The van der Waals surface area contributed by atoms with Gasteiger partial charge in [0.2, 0.25) is 0 Å². The first-order chi connectivity index (χ1) is 4.70. The van der Waals surface area contributed by atoms with E-state index in [1.165, 1.54) is 0 Å². The summed E-state index contributed by atoms with van der Waals surface area (Å²) < 4.78 is 12.0. The van der Waals surface area contributed by atoms with Crippen molar-refractivity contribution in [3.8, 4) is 0 Å². The van der Waals surface area contributed by atoms with Gasteiger partial charge in [-0.15, -0.1) is 6.07 Å². The van der Waals surface area contributed by atoms with E-state index in [2.05, 4.69) is 4.98 Å². The van der Waals surface area contributed by atoms with E-state index in [9.17, 15) is 14.5 Å². The number of aromatic nitrogens is 1. The summed E-state index contributed by atoms with van der Waals surface area (Å²) in [5.74, 6) is -1.10. The summed E-state index contributed by atoms with van der Waals surface area (Å²) in [7, 11) is 0. The van der Waals surface area contributed by atoms with Crippen molar-refractivity contribution in [3.63, 3.8) is 0 Å². The van der Waals surface area contributed by atoms with Gasteiger partial charge in [0.1, 0.15) is 0 Å². The summed E-state index contributed by atoms with van der Waals surface area (Å²) in [6.45, 7) is 0. The number of pyridine rings is 1. The van der Waals surface area contributed by atoms with Crippen LogP contribution in [0.15, 0.2) is 12.1 Å². The SMILES string of the molecule is O=[N+]([O-])c1ccc(F)[c-]n1.[Zn]. The zero-order valence-electron chi connectivity index (χ0n) is 5.45. The quantitative estimate of drug-likeness (QED) is 0.297. The Morgan fingerprint density at radius 3 is 2.64 bits per heavy atom. The van der Waals surface area contributed by atoms with Crippen LogP contribution in [-0.4, -0.2) is 9.91 Å². The molecule has 0 aliphatic heterocycles. The van der Waals surface area contributed by atoms with Crippen molar-refractivity contribution in [3.05, 3.63) is 34.3 Å². The van der Waals surface area contributed by atoms with Crippen LogP contribution < -0.4 is 0 Å². The number of nitrogens with zero attached hydrogens (tertiary/aromatic N) is 2. The maximum atomic E-state index is 12.0. The molecule has 54 valence electrons. The van der Waals surface area contributed by atoms with Crippen molar-refractivity contribution >= 4 is 5.82 Å². The van der Waals surface area contributed by atoms with Crippen LogP contribution in [0.3, 0.4) is 0 Å². The fourth-order valence-electron chi connectivity index (χ4n) is 0.435. The molecule has 1 rings (SSSR count). The second kappa shape index (κ2) is 4.08. The van der Waals surface area contributed by atoms with Gasteiger partial charge in [-0.2, -0.15) is 4.98 Å². The average Bonchev–Trinajstić information content (AvgIpc) is 1.88. The smallest absolute Gasteiger partial charge is 0.253 e. The molecule has 0 amide bonds. The van der Waals surface area contributed by atoms with Gasteiger partial charge in [-0.1, -0.05) is 11.0 Å². The van der Waals surface area contributed by atoms with Crippen LogP contribution in [-0.2, 0) is 19.5 Å². The molecular formula is C5H2FN2O2Zn-. The van der Waals surface area contributed by atoms with Gasteiger partial charge in [-0.05, 0) is 0 Å². The predicted molar refractivity (Wildman–Crippen MR) is 29.7 cm³/mol. The van der Waals surface area contributed by atoms with E-state index >= 15 is 0 Å². The van der Waals surface area contributed by atoms with Gasteiger partial charge < -0.3 is 10.1 Å². The van der Waals surface area contributed by atoms with Crippen LogP contribution in [0.5, 0.6) is 0 Å². The zero-order valence-corrected chi connectivity index (χ0v) is 8.42. The first-order valence-electron chi connectivity index (χ1n) is 2.39. The summed E-state index contributed by atoms with van der Waals surface area (Å²) in [6, 6.07) is 1.91. The van der Waals surface area contributed by atoms with Gasteiger partial charge in [-0.25, -0.2) is 4.39 Å². The summed E-state index contributed by atoms with van der Waals surface area (Å²) >= 11 is 0. The zero-order chi connectivity index (χ0) is 7.56. The van der Waals surface area contributed by atoms with Crippen molar-refractivity contribution in [2.24, 2.45) is 0 Å². The molecule has 0 aliphatic rings. The number of hydrogen-bond acceptors (Lipinski definition) is 3. The Labute approximate surface area is 74.4 Å². The number of halogens is 1. The normalized spacial score (nSPS) is 8.45. The van der Waals surface area contributed by atoms with Gasteiger partial charge in [0.05, 0.1) is 12.0 Å². The molecule has 0 unspecified atom stereocenters. The topological polar surface area (TPSA) is 56.0 Å². The fraction of sp³-hybridized carbons (Fsp3) is 0. The molecule has 1 aromatic heterocycles. The van der Waals surface area contributed by atoms with Crippen LogP contribution in [0.2, 0.25) is 0 Å². The molecule has 1 aromatic rings. The second-order valence-electron chi connectivity index (χ2n) is 1.52. The van der Waals surface area contributed by atoms with Crippen LogP contribution in [0.1, 0.15) is 0 Å². The van der Waals surface area contributed by atoms with E-state index < -0.39 is 16.6 Å². The van der Waals surface area contributed by atoms with Crippen molar-refractivity contribution in [1.82, 2.24) is 4.98 Å².